The van der Waals surface area contributed by atoms with Crippen LogP contribution < -0.4 is 19.1 Å². The molecule has 1 fully saturated rings. The molecule has 2 aromatic rings. The van der Waals surface area contributed by atoms with Crippen molar-refractivity contribution in [3.05, 3.63) is 53.7 Å². The summed E-state index contributed by atoms with van der Waals surface area (Å²) in [5, 5.41) is 0. The summed E-state index contributed by atoms with van der Waals surface area (Å²) < 4.78 is 16.2. The van der Waals surface area contributed by atoms with E-state index in [1.807, 2.05) is 18.2 Å². The molecule has 0 spiro atoms. The highest BCUT2D eigenvalue weighted by Crippen LogP contribution is 2.41. The van der Waals surface area contributed by atoms with Crippen LogP contribution in [0.1, 0.15) is 25.3 Å². The molecule has 0 saturated carbocycles. The third-order valence-corrected chi connectivity index (χ3v) is 6.03. The van der Waals surface area contributed by atoms with Crippen LogP contribution in [-0.4, -0.2) is 51.1 Å². The molecule has 0 aliphatic carbocycles. The van der Waals surface area contributed by atoms with Crippen molar-refractivity contribution < 1.29 is 23.8 Å². The molecule has 168 valence electrons. The Balaban J connectivity index is 1.85. The number of anilines is 1. The number of hydrogen-bond acceptors (Lipinski definition) is 6. The minimum absolute atomic E-state index is 0.336. The highest BCUT2D eigenvalue weighted by molar-refractivity contribution is 6.45. The number of nitrogens with zero attached hydrogens (tertiary/aromatic N) is 2. The summed E-state index contributed by atoms with van der Waals surface area (Å²) >= 11 is 0. The minimum atomic E-state index is -0.375. The molecule has 0 bridgehead atoms. The molecule has 0 aromatic heterocycles. The fourth-order valence-electron chi connectivity index (χ4n) is 4.50. The first kappa shape index (κ1) is 21.7. The van der Waals surface area contributed by atoms with E-state index < -0.39 is 0 Å². The van der Waals surface area contributed by atoms with E-state index in [2.05, 4.69) is 11.8 Å². The van der Waals surface area contributed by atoms with Gasteiger partial charge in [-0.15, -0.1) is 0 Å². The quantitative estimate of drug-likeness (QED) is 0.643. The maximum Gasteiger partial charge on any atom is 0.282 e. The van der Waals surface area contributed by atoms with Gasteiger partial charge in [-0.3, -0.25) is 9.59 Å². The van der Waals surface area contributed by atoms with Crippen molar-refractivity contribution in [2.45, 2.75) is 19.8 Å². The number of rotatable bonds is 6. The average molecular weight is 437 g/mol. The molecule has 2 aliphatic heterocycles. The van der Waals surface area contributed by atoms with Gasteiger partial charge in [-0.2, -0.15) is 0 Å². The van der Waals surface area contributed by atoms with Crippen LogP contribution >= 0.6 is 0 Å². The second-order valence-electron chi connectivity index (χ2n) is 8.10. The molecule has 1 atom stereocenters. The van der Waals surface area contributed by atoms with Crippen LogP contribution in [0.25, 0.3) is 5.57 Å². The number of imide groups is 1. The molecular weight excluding hydrogens is 408 g/mol. The van der Waals surface area contributed by atoms with Crippen LogP contribution in [0.5, 0.6) is 17.2 Å². The minimum Gasteiger partial charge on any atom is -0.496 e. The van der Waals surface area contributed by atoms with Gasteiger partial charge in [0.05, 0.1) is 32.6 Å². The van der Waals surface area contributed by atoms with Crippen molar-refractivity contribution in [1.29, 1.82) is 0 Å². The van der Waals surface area contributed by atoms with Crippen molar-refractivity contribution in [3.8, 4) is 17.2 Å². The van der Waals surface area contributed by atoms with Crippen molar-refractivity contribution in [1.82, 2.24) is 4.90 Å². The van der Waals surface area contributed by atoms with Gasteiger partial charge in [-0.1, -0.05) is 25.1 Å². The summed E-state index contributed by atoms with van der Waals surface area (Å²) in [5.41, 5.74) is 1.85. The van der Waals surface area contributed by atoms with E-state index in [9.17, 15) is 9.59 Å². The maximum absolute atomic E-state index is 13.8. The predicted molar refractivity (Wildman–Crippen MR) is 122 cm³/mol. The van der Waals surface area contributed by atoms with E-state index in [0.717, 1.165) is 25.9 Å². The lowest BCUT2D eigenvalue weighted by Crippen LogP contribution is -2.39. The molecule has 7 nitrogen and oxygen atoms in total. The van der Waals surface area contributed by atoms with Crippen LogP contribution in [0.3, 0.4) is 0 Å². The standard InChI is InChI=1S/C25H28N2O5/c1-16-8-7-13-26(15-16)23-22(18-9-5-6-10-19(18)30-2)24(28)27(25(23)29)17-11-12-20(31-3)21(14-17)32-4/h5-6,9-12,14,16H,7-8,13,15H2,1-4H3. The van der Waals surface area contributed by atoms with Gasteiger partial charge in [-0.25, -0.2) is 4.90 Å². The van der Waals surface area contributed by atoms with Crippen molar-refractivity contribution in [2.75, 3.05) is 39.3 Å². The van der Waals surface area contributed by atoms with Crippen LogP contribution in [0, 0.1) is 5.92 Å². The number of hydrogen-bond donors (Lipinski definition) is 0. The second kappa shape index (κ2) is 8.94. The van der Waals surface area contributed by atoms with Gasteiger partial charge in [0.1, 0.15) is 11.4 Å². The SMILES string of the molecule is COc1ccc(N2C(=O)C(c3ccccc3OC)=C(N3CCCC(C)C3)C2=O)cc1OC. The van der Waals surface area contributed by atoms with E-state index in [0.29, 0.717) is 45.7 Å². The fourth-order valence-corrected chi connectivity index (χ4v) is 4.50. The Morgan fingerprint density at radius 3 is 2.28 bits per heavy atom. The molecular formula is C25H28N2O5. The first-order valence-corrected chi connectivity index (χ1v) is 10.7. The molecule has 0 N–H and O–H groups in total. The Morgan fingerprint density at radius 1 is 0.875 bits per heavy atom. The van der Waals surface area contributed by atoms with Crippen LogP contribution in [0.2, 0.25) is 0 Å². The Hall–Kier alpha value is -3.48. The number of methoxy groups -OCH3 is 3. The summed E-state index contributed by atoms with van der Waals surface area (Å²) in [6.45, 7) is 3.63. The summed E-state index contributed by atoms with van der Waals surface area (Å²) in [6.07, 6.45) is 2.08. The van der Waals surface area contributed by atoms with E-state index >= 15 is 0 Å². The predicted octanol–water partition coefficient (Wildman–Crippen LogP) is 3.73. The van der Waals surface area contributed by atoms with E-state index in [1.165, 1.54) is 12.0 Å². The average Bonchev–Trinajstić information content (AvgIpc) is 3.08. The Bertz CT molecular complexity index is 1080. The summed E-state index contributed by atoms with van der Waals surface area (Å²) in [7, 11) is 4.63. The van der Waals surface area contributed by atoms with E-state index in [-0.39, 0.29) is 11.8 Å². The number of piperidine rings is 1. The third-order valence-electron chi connectivity index (χ3n) is 6.03. The molecule has 2 heterocycles. The molecule has 32 heavy (non-hydrogen) atoms. The second-order valence-corrected chi connectivity index (χ2v) is 8.10. The van der Waals surface area contributed by atoms with Crippen molar-refractivity contribution in [3.63, 3.8) is 0 Å². The summed E-state index contributed by atoms with van der Waals surface area (Å²) in [6, 6.07) is 12.4. The Labute approximate surface area is 188 Å². The first-order chi connectivity index (χ1) is 15.5. The zero-order valence-electron chi connectivity index (χ0n) is 18.9. The van der Waals surface area contributed by atoms with Crippen LogP contribution in [0.15, 0.2) is 48.2 Å². The van der Waals surface area contributed by atoms with Crippen LogP contribution in [-0.2, 0) is 9.59 Å². The van der Waals surface area contributed by atoms with Crippen LogP contribution in [0.4, 0.5) is 5.69 Å². The molecule has 2 aromatic carbocycles. The molecule has 1 unspecified atom stereocenters. The van der Waals surface area contributed by atoms with Gasteiger partial charge in [0.15, 0.2) is 11.5 Å². The molecule has 1 saturated heterocycles. The molecule has 7 heteroatoms. The smallest absolute Gasteiger partial charge is 0.282 e. The number of benzene rings is 2. The molecule has 0 radical (unpaired) electrons. The van der Waals surface area contributed by atoms with Gasteiger partial charge >= 0.3 is 0 Å². The van der Waals surface area contributed by atoms with Gasteiger partial charge in [-0.05, 0) is 37.0 Å². The third kappa shape index (κ3) is 3.68. The van der Waals surface area contributed by atoms with Gasteiger partial charge in [0, 0.05) is 24.7 Å². The maximum atomic E-state index is 13.8. The number of likely N-dealkylation sites (tertiary alicyclic amines) is 1. The number of para-hydroxylation sites is 1. The fraction of sp³-hybridized carbons (Fsp3) is 0.360. The lowest BCUT2D eigenvalue weighted by atomic mass is 9.97. The number of carbonyl (C=O) groups is 2. The lowest BCUT2D eigenvalue weighted by molar-refractivity contribution is -0.120. The largest absolute Gasteiger partial charge is 0.496 e. The monoisotopic (exact) mass is 436 g/mol. The molecule has 4 rings (SSSR count). The summed E-state index contributed by atoms with van der Waals surface area (Å²) in [5.74, 6) is 1.26. The first-order valence-electron chi connectivity index (χ1n) is 10.7. The van der Waals surface area contributed by atoms with E-state index in [4.69, 9.17) is 14.2 Å². The lowest BCUT2D eigenvalue weighted by Gasteiger charge is -2.33. The van der Waals surface area contributed by atoms with Crippen molar-refractivity contribution >= 4 is 23.1 Å². The molecule has 2 amide bonds. The Kier molecular flexibility index (Phi) is 6.08. The Morgan fingerprint density at radius 2 is 1.59 bits per heavy atom. The number of ether oxygens (including phenoxy) is 3. The number of carbonyl (C=O) groups excluding carboxylic acids is 2. The van der Waals surface area contributed by atoms with Gasteiger partial charge < -0.3 is 19.1 Å². The zero-order valence-corrected chi connectivity index (χ0v) is 18.9. The highest BCUT2D eigenvalue weighted by Gasteiger charge is 2.44. The summed E-state index contributed by atoms with van der Waals surface area (Å²) in [4.78, 5) is 30.8. The number of amides is 2. The highest BCUT2D eigenvalue weighted by atomic mass is 16.5. The normalized spacial score (nSPS) is 18.9. The van der Waals surface area contributed by atoms with E-state index in [1.54, 1.807) is 38.5 Å². The van der Waals surface area contributed by atoms with Gasteiger partial charge in [0.2, 0.25) is 0 Å². The topological polar surface area (TPSA) is 68.3 Å². The zero-order chi connectivity index (χ0) is 22.8. The molecule has 2 aliphatic rings. The van der Waals surface area contributed by atoms with Gasteiger partial charge in [0.25, 0.3) is 11.8 Å². The van der Waals surface area contributed by atoms with Crippen molar-refractivity contribution in [2.24, 2.45) is 5.92 Å².